The lowest BCUT2D eigenvalue weighted by atomic mass is 10.0. The zero-order chi connectivity index (χ0) is 16.8. The van der Waals surface area contributed by atoms with Crippen LogP contribution >= 0.6 is 12.2 Å². The number of pyridine rings is 1. The third kappa shape index (κ3) is 4.68. The standard InChI is InChI=1S/C19H24N4S/c1-15-6-5-11-23(14-15)18-10-9-17(13-20-18)22-19(24)21-12-16-7-3-2-4-8-16/h2-4,7-10,13,15H,5-6,11-12,14H2,1H3,(H2,21,22,24). The van der Waals surface area contributed by atoms with Crippen LogP contribution in [0.3, 0.4) is 0 Å². The number of benzene rings is 1. The number of hydrogen-bond acceptors (Lipinski definition) is 3. The number of anilines is 2. The molecule has 0 aliphatic carbocycles. The summed E-state index contributed by atoms with van der Waals surface area (Å²) >= 11 is 5.35. The molecule has 2 aromatic rings. The molecule has 1 aliphatic heterocycles. The van der Waals surface area contributed by atoms with Crippen LogP contribution in [0, 0.1) is 5.92 Å². The topological polar surface area (TPSA) is 40.2 Å². The van der Waals surface area contributed by atoms with Crippen LogP contribution in [0.5, 0.6) is 0 Å². The minimum absolute atomic E-state index is 0.611. The van der Waals surface area contributed by atoms with E-state index in [1.54, 1.807) is 0 Å². The van der Waals surface area contributed by atoms with Crippen molar-refractivity contribution in [3.05, 3.63) is 54.2 Å². The van der Waals surface area contributed by atoms with Crippen LogP contribution in [0.2, 0.25) is 0 Å². The summed E-state index contributed by atoms with van der Waals surface area (Å²) in [6.07, 6.45) is 4.42. The molecule has 5 heteroatoms. The van der Waals surface area contributed by atoms with Gasteiger partial charge in [-0.05, 0) is 48.7 Å². The Morgan fingerprint density at radius 3 is 2.79 bits per heavy atom. The molecule has 4 nitrogen and oxygen atoms in total. The van der Waals surface area contributed by atoms with E-state index in [9.17, 15) is 0 Å². The molecule has 3 rings (SSSR count). The summed E-state index contributed by atoms with van der Waals surface area (Å²) < 4.78 is 0. The van der Waals surface area contributed by atoms with Gasteiger partial charge in [0.15, 0.2) is 5.11 Å². The van der Waals surface area contributed by atoms with E-state index in [2.05, 4.69) is 45.6 Å². The van der Waals surface area contributed by atoms with Crippen molar-refractivity contribution in [3.8, 4) is 0 Å². The zero-order valence-electron chi connectivity index (χ0n) is 14.0. The molecule has 0 bridgehead atoms. The Balaban J connectivity index is 1.51. The first-order valence-corrected chi connectivity index (χ1v) is 8.91. The van der Waals surface area contributed by atoms with E-state index in [1.165, 1.54) is 18.4 Å². The third-order valence-electron chi connectivity index (χ3n) is 4.28. The molecule has 0 saturated carbocycles. The summed E-state index contributed by atoms with van der Waals surface area (Å²) in [5.74, 6) is 1.79. The van der Waals surface area contributed by atoms with Crippen LogP contribution in [0.4, 0.5) is 11.5 Å². The molecule has 24 heavy (non-hydrogen) atoms. The summed E-state index contributed by atoms with van der Waals surface area (Å²) in [4.78, 5) is 6.95. The van der Waals surface area contributed by atoms with Gasteiger partial charge in [0.25, 0.3) is 0 Å². The Bertz CT molecular complexity index is 657. The van der Waals surface area contributed by atoms with E-state index in [-0.39, 0.29) is 0 Å². The Hall–Kier alpha value is -2.14. The van der Waals surface area contributed by atoms with Crippen molar-refractivity contribution in [2.24, 2.45) is 5.92 Å². The fourth-order valence-electron chi connectivity index (χ4n) is 3.00. The van der Waals surface area contributed by atoms with Crippen molar-refractivity contribution < 1.29 is 0 Å². The molecule has 1 unspecified atom stereocenters. The first-order chi connectivity index (χ1) is 11.7. The zero-order valence-corrected chi connectivity index (χ0v) is 14.9. The fourth-order valence-corrected chi connectivity index (χ4v) is 3.19. The van der Waals surface area contributed by atoms with Crippen LogP contribution in [0.15, 0.2) is 48.7 Å². The van der Waals surface area contributed by atoms with E-state index in [0.717, 1.165) is 30.5 Å². The van der Waals surface area contributed by atoms with Gasteiger partial charge in [-0.3, -0.25) is 0 Å². The molecule has 1 atom stereocenters. The van der Waals surface area contributed by atoms with Crippen molar-refractivity contribution in [2.45, 2.75) is 26.3 Å². The van der Waals surface area contributed by atoms with Crippen molar-refractivity contribution in [3.63, 3.8) is 0 Å². The number of nitrogens with zero attached hydrogens (tertiary/aromatic N) is 2. The highest BCUT2D eigenvalue weighted by Gasteiger charge is 2.17. The fraction of sp³-hybridized carbons (Fsp3) is 0.368. The van der Waals surface area contributed by atoms with Gasteiger partial charge in [0.05, 0.1) is 11.9 Å². The maximum atomic E-state index is 5.35. The van der Waals surface area contributed by atoms with Gasteiger partial charge in [-0.15, -0.1) is 0 Å². The summed E-state index contributed by atoms with van der Waals surface area (Å²) in [6.45, 7) is 5.21. The van der Waals surface area contributed by atoms with E-state index in [4.69, 9.17) is 12.2 Å². The van der Waals surface area contributed by atoms with Gasteiger partial charge < -0.3 is 15.5 Å². The lowest BCUT2D eigenvalue weighted by molar-refractivity contribution is 0.444. The number of hydrogen-bond donors (Lipinski definition) is 2. The maximum Gasteiger partial charge on any atom is 0.171 e. The van der Waals surface area contributed by atoms with Gasteiger partial charge in [0, 0.05) is 19.6 Å². The quantitative estimate of drug-likeness (QED) is 0.829. The predicted octanol–water partition coefficient (Wildman–Crippen LogP) is 3.80. The molecule has 1 fully saturated rings. The molecule has 1 aromatic heterocycles. The SMILES string of the molecule is CC1CCCN(c2ccc(NC(=S)NCc3ccccc3)cn2)C1. The Labute approximate surface area is 149 Å². The molecular formula is C19H24N4S. The summed E-state index contributed by atoms with van der Waals surface area (Å²) in [5, 5.41) is 7.01. The molecule has 2 N–H and O–H groups in total. The lowest BCUT2D eigenvalue weighted by Gasteiger charge is -2.31. The second-order valence-electron chi connectivity index (χ2n) is 6.39. The van der Waals surface area contributed by atoms with Crippen LogP contribution in [-0.4, -0.2) is 23.2 Å². The van der Waals surface area contributed by atoms with Crippen LogP contribution in [-0.2, 0) is 6.54 Å². The van der Waals surface area contributed by atoms with Gasteiger partial charge >= 0.3 is 0 Å². The van der Waals surface area contributed by atoms with Crippen molar-refractivity contribution >= 4 is 28.8 Å². The number of piperidine rings is 1. The van der Waals surface area contributed by atoms with Crippen molar-refractivity contribution in [2.75, 3.05) is 23.3 Å². The number of nitrogens with one attached hydrogen (secondary N) is 2. The third-order valence-corrected chi connectivity index (χ3v) is 4.53. The minimum atomic E-state index is 0.611. The maximum absolute atomic E-state index is 5.35. The van der Waals surface area contributed by atoms with Gasteiger partial charge in [-0.25, -0.2) is 4.98 Å². The minimum Gasteiger partial charge on any atom is -0.358 e. The van der Waals surface area contributed by atoms with Crippen LogP contribution in [0.1, 0.15) is 25.3 Å². The highest BCUT2D eigenvalue weighted by atomic mass is 32.1. The number of aromatic nitrogens is 1. The smallest absolute Gasteiger partial charge is 0.171 e. The second-order valence-corrected chi connectivity index (χ2v) is 6.80. The molecule has 0 spiro atoms. The van der Waals surface area contributed by atoms with Crippen LogP contribution in [0.25, 0.3) is 0 Å². The summed E-state index contributed by atoms with van der Waals surface area (Å²) in [6, 6.07) is 14.3. The first-order valence-electron chi connectivity index (χ1n) is 8.50. The van der Waals surface area contributed by atoms with E-state index < -0.39 is 0 Å². The average molecular weight is 340 g/mol. The highest BCUT2D eigenvalue weighted by Crippen LogP contribution is 2.22. The molecule has 0 radical (unpaired) electrons. The van der Waals surface area contributed by atoms with Gasteiger partial charge in [0.2, 0.25) is 0 Å². The number of thiocarbonyl (C=S) groups is 1. The monoisotopic (exact) mass is 340 g/mol. The molecule has 1 saturated heterocycles. The Morgan fingerprint density at radius 1 is 1.25 bits per heavy atom. The molecule has 1 aliphatic rings. The first kappa shape index (κ1) is 16.7. The van der Waals surface area contributed by atoms with Gasteiger partial charge in [-0.1, -0.05) is 37.3 Å². The molecule has 1 aromatic carbocycles. The van der Waals surface area contributed by atoms with Gasteiger partial charge in [-0.2, -0.15) is 0 Å². The Morgan fingerprint density at radius 2 is 2.08 bits per heavy atom. The average Bonchev–Trinajstić information content (AvgIpc) is 2.61. The normalized spacial score (nSPS) is 17.4. The Kier molecular flexibility index (Phi) is 5.64. The van der Waals surface area contributed by atoms with Crippen molar-refractivity contribution in [1.82, 2.24) is 10.3 Å². The van der Waals surface area contributed by atoms with Crippen molar-refractivity contribution in [1.29, 1.82) is 0 Å². The second kappa shape index (κ2) is 8.11. The highest BCUT2D eigenvalue weighted by molar-refractivity contribution is 7.80. The summed E-state index contributed by atoms with van der Waals surface area (Å²) in [5.41, 5.74) is 2.11. The summed E-state index contributed by atoms with van der Waals surface area (Å²) in [7, 11) is 0. The largest absolute Gasteiger partial charge is 0.358 e. The van der Waals surface area contributed by atoms with E-state index in [1.807, 2.05) is 30.5 Å². The number of rotatable bonds is 4. The van der Waals surface area contributed by atoms with Gasteiger partial charge in [0.1, 0.15) is 5.82 Å². The molecule has 2 heterocycles. The molecule has 0 amide bonds. The lowest BCUT2D eigenvalue weighted by Crippen LogP contribution is -2.34. The molecular weight excluding hydrogens is 316 g/mol. The van der Waals surface area contributed by atoms with Crippen LogP contribution < -0.4 is 15.5 Å². The predicted molar refractivity (Wildman–Crippen MR) is 104 cm³/mol. The molecule has 126 valence electrons. The van der Waals surface area contributed by atoms with E-state index >= 15 is 0 Å². The van der Waals surface area contributed by atoms with E-state index in [0.29, 0.717) is 11.7 Å².